The highest BCUT2D eigenvalue weighted by atomic mass is 19.4. The first-order chi connectivity index (χ1) is 25.8. The summed E-state index contributed by atoms with van der Waals surface area (Å²) < 4.78 is 48.6. The van der Waals surface area contributed by atoms with E-state index in [-0.39, 0.29) is 46.6 Å². The molecule has 2 fully saturated rings. The van der Waals surface area contributed by atoms with Crippen molar-refractivity contribution in [2.75, 3.05) is 48.8 Å². The topological polar surface area (TPSA) is 128 Å². The number of anilines is 5. The molecule has 0 spiro atoms. The first-order valence-electron chi connectivity index (χ1n) is 17.9. The number of carbonyl (C=O) groups excluding carboxylic acids is 3. The number of halogens is 3. The largest absolute Gasteiger partial charge is 0.489 e. The van der Waals surface area contributed by atoms with Gasteiger partial charge < -0.3 is 25.6 Å². The van der Waals surface area contributed by atoms with Gasteiger partial charge >= 0.3 is 6.18 Å². The molecular formula is C40H44F3N7O4. The number of aromatic nitrogens is 1. The molecule has 284 valence electrons. The number of para-hydroxylation sites is 1. The maximum atomic E-state index is 14.1. The molecule has 0 radical (unpaired) electrons. The number of pyridine rings is 1. The van der Waals surface area contributed by atoms with E-state index in [0.717, 1.165) is 61.3 Å². The third kappa shape index (κ3) is 8.93. The van der Waals surface area contributed by atoms with Gasteiger partial charge in [0.2, 0.25) is 11.8 Å². The van der Waals surface area contributed by atoms with Crippen molar-refractivity contribution in [1.82, 2.24) is 20.5 Å². The first kappa shape index (κ1) is 38.1. The van der Waals surface area contributed by atoms with Gasteiger partial charge in [-0.15, -0.1) is 0 Å². The van der Waals surface area contributed by atoms with Crippen LogP contribution in [0, 0.1) is 6.92 Å². The molecular weight excluding hydrogens is 699 g/mol. The highest BCUT2D eigenvalue weighted by molar-refractivity contribution is 6.01. The third-order valence-corrected chi connectivity index (χ3v) is 9.54. The molecule has 54 heavy (non-hydrogen) atoms. The van der Waals surface area contributed by atoms with Crippen molar-refractivity contribution in [3.05, 3.63) is 101 Å². The fraction of sp³-hybridized carbons (Fsp3) is 0.350. The monoisotopic (exact) mass is 743 g/mol. The number of carbonyl (C=O) groups is 3. The zero-order valence-electron chi connectivity index (χ0n) is 30.6. The lowest BCUT2D eigenvalue weighted by Gasteiger charge is -2.37. The Balaban J connectivity index is 1.16. The van der Waals surface area contributed by atoms with E-state index >= 15 is 0 Å². The highest BCUT2D eigenvalue weighted by Crippen LogP contribution is 2.40. The molecule has 4 aromatic rings. The Bertz CT molecular complexity index is 2010. The number of benzene rings is 3. The molecule has 1 aromatic heterocycles. The number of hydrogen-bond acceptors (Lipinski definition) is 9. The van der Waals surface area contributed by atoms with Crippen molar-refractivity contribution in [2.45, 2.75) is 58.4 Å². The molecule has 4 N–H and O–H groups in total. The minimum atomic E-state index is -4.70. The zero-order chi connectivity index (χ0) is 38.6. The van der Waals surface area contributed by atoms with Crippen LogP contribution >= 0.6 is 0 Å². The van der Waals surface area contributed by atoms with Crippen molar-refractivity contribution >= 4 is 46.3 Å². The van der Waals surface area contributed by atoms with E-state index in [0.29, 0.717) is 24.3 Å². The smallest absolute Gasteiger partial charge is 0.419 e. The Hall–Kier alpha value is -5.63. The van der Waals surface area contributed by atoms with Gasteiger partial charge in [0.05, 0.1) is 40.2 Å². The molecule has 1 atom stereocenters. The number of aryl methyl sites for hydroxylation is 1. The van der Waals surface area contributed by atoms with E-state index in [1.807, 2.05) is 57.2 Å². The molecule has 3 heterocycles. The number of piperazine rings is 1. The molecule has 2 aliphatic heterocycles. The zero-order valence-corrected chi connectivity index (χ0v) is 30.6. The Morgan fingerprint density at radius 3 is 2.35 bits per heavy atom. The lowest BCUT2D eigenvalue weighted by Crippen LogP contribution is -2.46. The highest BCUT2D eigenvalue weighted by Gasteiger charge is 2.35. The van der Waals surface area contributed by atoms with Crippen molar-refractivity contribution < 1.29 is 32.3 Å². The van der Waals surface area contributed by atoms with Gasteiger partial charge in [-0.3, -0.25) is 24.6 Å². The Morgan fingerprint density at radius 1 is 0.963 bits per heavy atom. The molecule has 3 aromatic carbocycles. The number of piperidine rings is 1. The van der Waals surface area contributed by atoms with Crippen LogP contribution in [0.15, 0.2) is 72.9 Å². The summed E-state index contributed by atoms with van der Waals surface area (Å²) in [7, 11) is 1.45. The van der Waals surface area contributed by atoms with Gasteiger partial charge in [-0.05, 0) is 62.1 Å². The number of hydrogen-bond donors (Lipinski definition) is 4. The van der Waals surface area contributed by atoms with Crippen LogP contribution < -0.4 is 30.9 Å². The van der Waals surface area contributed by atoms with Crippen LogP contribution in [0.5, 0.6) is 5.75 Å². The van der Waals surface area contributed by atoms with E-state index in [1.165, 1.54) is 25.2 Å². The maximum Gasteiger partial charge on any atom is 0.419 e. The lowest BCUT2D eigenvalue weighted by molar-refractivity contribution is -0.137. The standard InChI is InChI=1S/C40H44F3N7O4/c1-24(2)54-35-21-34(50-17-15-49(16-18-50)23-26-9-11-27(12-10-26)28-13-14-37(51)48-39(28)53)25(3)19-33(35)47-36-20-32(30(22-45-36)40(41,42)43)46-31-8-6-5-7-29(31)38(52)44-4/h5-12,19-22,24,28H,13-18,23H2,1-4H3,(H,44,52)(H2,45,46,47)(H,48,51,53). The predicted molar refractivity (Wildman–Crippen MR) is 202 cm³/mol. The summed E-state index contributed by atoms with van der Waals surface area (Å²) in [6.45, 7) is 9.75. The second-order valence-electron chi connectivity index (χ2n) is 13.8. The summed E-state index contributed by atoms with van der Waals surface area (Å²) in [5.41, 5.74) is 3.72. The number of nitrogens with one attached hydrogen (secondary N) is 4. The third-order valence-electron chi connectivity index (χ3n) is 9.54. The minimum Gasteiger partial charge on any atom is -0.489 e. The van der Waals surface area contributed by atoms with Gasteiger partial charge in [-0.25, -0.2) is 4.98 Å². The fourth-order valence-corrected chi connectivity index (χ4v) is 6.80. The summed E-state index contributed by atoms with van der Waals surface area (Å²) in [4.78, 5) is 45.0. The second kappa shape index (κ2) is 16.2. The summed E-state index contributed by atoms with van der Waals surface area (Å²) >= 11 is 0. The minimum absolute atomic E-state index is 0.155. The molecule has 2 saturated heterocycles. The average Bonchev–Trinajstić information content (AvgIpc) is 3.13. The molecule has 14 heteroatoms. The lowest BCUT2D eigenvalue weighted by atomic mass is 9.90. The summed E-state index contributed by atoms with van der Waals surface area (Å²) in [6.07, 6.45) is -3.25. The molecule has 0 bridgehead atoms. The van der Waals surface area contributed by atoms with Gasteiger partial charge in [-0.2, -0.15) is 13.2 Å². The van der Waals surface area contributed by atoms with Crippen LogP contribution in [-0.2, 0) is 22.3 Å². The number of amides is 3. The Kier molecular flexibility index (Phi) is 11.4. The van der Waals surface area contributed by atoms with Crippen molar-refractivity contribution in [3.8, 4) is 5.75 Å². The molecule has 0 saturated carbocycles. The van der Waals surface area contributed by atoms with Crippen LogP contribution in [0.3, 0.4) is 0 Å². The predicted octanol–water partition coefficient (Wildman–Crippen LogP) is 6.89. The summed E-state index contributed by atoms with van der Waals surface area (Å²) in [5, 5.41) is 10.9. The van der Waals surface area contributed by atoms with Gasteiger partial charge in [0.15, 0.2) is 0 Å². The SMILES string of the molecule is CNC(=O)c1ccccc1Nc1cc(Nc2cc(C)c(N3CCN(Cc4ccc(C5CCC(=O)NC5=O)cc4)CC3)cc2OC(C)C)ncc1C(F)(F)F. The Labute approximate surface area is 312 Å². The van der Waals surface area contributed by atoms with E-state index < -0.39 is 17.6 Å². The van der Waals surface area contributed by atoms with E-state index in [4.69, 9.17) is 4.74 Å². The van der Waals surface area contributed by atoms with Crippen LogP contribution in [0.2, 0.25) is 0 Å². The quantitative estimate of drug-likeness (QED) is 0.122. The van der Waals surface area contributed by atoms with Gasteiger partial charge in [0.1, 0.15) is 11.6 Å². The molecule has 6 rings (SSSR count). The van der Waals surface area contributed by atoms with Gasteiger partial charge in [0.25, 0.3) is 5.91 Å². The number of ether oxygens (including phenoxy) is 1. The second-order valence-corrected chi connectivity index (χ2v) is 13.8. The molecule has 3 amide bonds. The van der Waals surface area contributed by atoms with Gasteiger partial charge in [0, 0.05) is 70.2 Å². The van der Waals surface area contributed by atoms with Crippen LogP contribution in [-0.4, -0.2) is 66.9 Å². The number of nitrogens with zero attached hydrogens (tertiary/aromatic N) is 3. The normalized spacial score (nSPS) is 16.6. The van der Waals surface area contributed by atoms with Crippen molar-refractivity contribution in [3.63, 3.8) is 0 Å². The van der Waals surface area contributed by atoms with Crippen LogP contribution in [0.25, 0.3) is 0 Å². The molecule has 1 unspecified atom stereocenters. The number of alkyl halides is 3. The van der Waals surface area contributed by atoms with E-state index in [1.54, 1.807) is 12.1 Å². The van der Waals surface area contributed by atoms with Gasteiger partial charge in [-0.1, -0.05) is 36.4 Å². The molecule has 2 aliphatic rings. The first-order valence-corrected chi connectivity index (χ1v) is 17.9. The van der Waals surface area contributed by atoms with E-state index in [2.05, 4.69) is 36.1 Å². The van der Waals surface area contributed by atoms with Crippen LogP contribution in [0.4, 0.5) is 41.7 Å². The number of imide groups is 1. The average molecular weight is 744 g/mol. The summed E-state index contributed by atoms with van der Waals surface area (Å²) in [6, 6.07) is 19.5. The maximum absolute atomic E-state index is 14.1. The summed E-state index contributed by atoms with van der Waals surface area (Å²) in [5.74, 6) is -0.519. The Morgan fingerprint density at radius 2 is 1.69 bits per heavy atom. The molecule has 0 aliphatic carbocycles. The van der Waals surface area contributed by atoms with Crippen LogP contribution in [0.1, 0.15) is 65.2 Å². The number of rotatable bonds is 11. The van der Waals surface area contributed by atoms with Crippen molar-refractivity contribution in [2.24, 2.45) is 0 Å². The van der Waals surface area contributed by atoms with Crippen molar-refractivity contribution in [1.29, 1.82) is 0 Å². The molecule has 11 nitrogen and oxygen atoms in total. The fourth-order valence-electron chi connectivity index (χ4n) is 6.80. The van der Waals surface area contributed by atoms with E-state index in [9.17, 15) is 27.6 Å².